The molecule has 1 aliphatic heterocycles. The Balaban J connectivity index is 1.44. The second-order valence-corrected chi connectivity index (χ2v) is 21.2. The van der Waals surface area contributed by atoms with Crippen molar-refractivity contribution in [2.75, 3.05) is 25.0 Å². The van der Waals surface area contributed by atoms with Crippen molar-refractivity contribution in [2.24, 2.45) is 4.99 Å². The Hall–Kier alpha value is -5.23. The molecule has 1 N–H and O–H groups in total. The molecule has 0 aliphatic carbocycles. The molecule has 58 heavy (non-hydrogen) atoms. The van der Waals surface area contributed by atoms with Gasteiger partial charge in [0.15, 0.2) is 0 Å². The largest absolute Gasteiger partial charge is 0.533 e. The summed E-state index contributed by atoms with van der Waals surface area (Å²) >= 11 is 14.2. The number of ether oxygens (including phenoxy) is 1. The fraction of sp³-hybridized carbons (Fsp3) is 0.289. The first-order valence-electron chi connectivity index (χ1n) is 19.1. The average Bonchev–Trinajstić information content (AvgIpc) is 3.17. The standard InChI is InChI=1S/C45H48Cl2FN5O4Si/c1-30-29-52(43(55)56-44(2,3)4)26-27-53(30)41(51-42(54)49-31-18-11-8-12-19-31)34-28-35(46)39(50-40(34)47)38-36(48)24-17-25-37(38)57-58(45(5,6)7,32-20-13-9-14-21-32)33-22-15-10-16-23-33/h8-25,28,30H,26-27,29H2,1-7H3,(H,49,54). The number of halogens is 3. The molecule has 13 heteroatoms. The fourth-order valence-electron chi connectivity index (χ4n) is 7.24. The third kappa shape index (κ3) is 9.22. The minimum Gasteiger partial charge on any atom is -0.533 e. The first-order chi connectivity index (χ1) is 27.5. The van der Waals surface area contributed by atoms with Crippen LogP contribution < -0.4 is 20.1 Å². The van der Waals surface area contributed by atoms with Gasteiger partial charge in [-0.05, 0) is 73.4 Å². The Morgan fingerprint density at radius 1 is 0.845 bits per heavy atom. The molecular weight excluding hydrogens is 793 g/mol. The van der Waals surface area contributed by atoms with Crippen LogP contribution in [0.25, 0.3) is 11.3 Å². The van der Waals surface area contributed by atoms with E-state index in [1.165, 1.54) is 6.07 Å². The van der Waals surface area contributed by atoms with Crippen molar-refractivity contribution in [3.8, 4) is 17.0 Å². The second-order valence-electron chi connectivity index (χ2n) is 16.2. The maximum Gasteiger partial charge on any atom is 0.410 e. The van der Waals surface area contributed by atoms with Crippen LogP contribution in [0.5, 0.6) is 5.75 Å². The van der Waals surface area contributed by atoms with Crippen LogP contribution in [0.15, 0.2) is 120 Å². The number of aromatic nitrogens is 1. The molecule has 4 aromatic carbocycles. The highest BCUT2D eigenvalue weighted by molar-refractivity contribution is 7.00. The summed E-state index contributed by atoms with van der Waals surface area (Å²) in [6, 6.07) is 34.2. The van der Waals surface area contributed by atoms with E-state index in [4.69, 9.17) is 37.3 Å². The highest BCUT2D eigenvalue weighted by Crippen LogP contribution is 2.43. The predicted octanol–water partition coefficient (Wildman–Crippen LogP) is 10.1. The lowest BCUT2D eigenvalue weighted by molar-refractivity contribution is 0.0134. The summed E-state index contributed by atoms with van der Waals surface area (Å²) in [5.41, 5.74) is 0.247. The van der Waals surface area contributed by atoms with E-state index in [1.807, 2.05) is 75.1 Å². The number of urea groups is 1. The van der Waals surface area contributed by atoms with Crippen LogP contribution in [-0.2, 0) is 4.74 Å². The van der Waals surface area contributed by atoms with E-state index in [-0.39, 0.29) is 64.3 Å². The van der Waals surface area contributed by atoms with E-state index < -0.39 is 36.9 Å². The third-order valence-corrected chi connectivity index (χ3v) is 15.4. The molecule has 302 valence electrons. The highest BCUT2D eigenvalue weighted by Gasteiger charge is 2.52. The number of nitrogens with zero attached hydrogens (tertiary/aromatic N) is 4. The first-order valence-corrected chi connectivity index (χ1v) is 21.8. The molecular formula is C45H48Cl2FN5O4Si. The van der Waals surface area contributed by atoms with E-state index in [9.17, 15) is 9.59 Å². The van der Waals surface area contributed by atoms with Gasteiger partial charge in [0.25, 0.3) is 0 Å². The van der Waals surface area contributed by atoms with Crippen LogP contribution >= 0.6 is 23.2 Å². The zero-order valence-corrected chi connectivity index (χ0v) is 36.2. The van der Waals surface area contributed by atoms with Gasteiger partial charge in [0, 0.05) is 31.4 Å². The number of carbonyl (C=O) groups is 2. The molecule has 2 heterocycles. The van der Waals surface area contributed by atoms with E-state index in [0.717, 1.165) is 10.4 Å². The maximum absolute atomic E-state index is 16.4. The highest BCUT2D eigenvalue weighted by atomic mass is 35.5. The van der Waals surface area contributed by atoms with Crippen molar-refractivity contribution >= 4 is 65.5 Å². The molecule has 9 nitrogen and oxygen atoms in total. The zero-order valence-electron chi connectivity index (χ0n) is 33.7. The summed E-state index contributed by atoms with van der Waals surface area (Å²) < 4.78 is 29.3. The van der Waals surface area contributed by atoms with Gasteiger partial charge in [0.2, 0.25) is 0 Å². The number of anilines is 1. The van der Waals surface area contributed by atoms with Gasteiger partial charge < -0.3 is 24.3 Å². The summed E-state index contributed by atoms with van der Waals surface area (Å²) in [5.74, 6) is -0.153. The lowest BCUT2D eigenvalue weighted by Crippen LogP contribution is -2.68. The Labute approximate surface area is 351 Å². The van der Waals surface area contributed by atoms with Gasteiger partial charge in [0.1, 0.15) is 28.2 Å². The topological polar surface area (TPSA) is 96.4 Å². The molecule has 1 unspecified atom stereocenters. The van der Waals surface area contributed by atoms with Crippen molar-refractivity contribution in [1.82, 2.24) is 14.8 Å². The predicted molar refractivity (Wildman–Crippen MR) is 234 cm³/mol. The van der Waals surface area contributed by atoms with Crippen LogP contribution in [0.2, 0.25) is 15.2 Å². The smallest absolute Gasteiger partial charge is 0.410 e. The molecule has 0 saturated carbocycles. The van der Waals surface area contributed by atoms with E-state index in [2.05, 4.69) is 55.3 Å². The van der Waals surface area contributed by atoms with Crippen LogP contribution in [0.4, 0.5) is 19.7 Å². The van der Waals surface area contributed by atoms with Gasteiger partial charge in [-0.25, -0.2) is 19.0 Å². The molecule has 6 rings (SSSR count). The van der Waals surface area contributed by atoms with Crippen LogP contribution in [-0.4, -0.2) is 72.3 Å². The maximum atomic E-state index is 16.4. The molecule has 1 atom stereocenters. The van der Waals surface area contributed by atoms with Gasteiger partial charge in [-0.3, -0.25) is 0 Å². The molecule has 3 amide bonds. The number of aliphatic imine (C=N–C) groups is 1. The minimum atomic E-state index is -3.22. The number of para-hydroxylation sites is 1. The van der Waals surface area contributed by atoms with Crippen molar-refractivity contribution in [1.29, 1.82) is 0 Å². The molecule has 1 fully saturated rings. The SMILES string of the molecule is CC1CN(C(=O)OC(C)(C)C)CCN1C(=NC(=O)Nc1ccccc1)c1cc(Cl)c(-c2c(F)cccc2O[Si](c2ccccc2)(c2ccccc2)C(C)(C)C)nc1Cl. The number of hydrogen-bond acceptors (Lipinski definition) is 5. The van der Waals surface area contributed by atoms with Crippen LogP contribution in [0, 0.1) is 5.82 Å². The van der Waals surface area contributed by atoms with Gasteiger partial charge in [-0.2, -0.15) is 4.99 Å². The van der Waals surface area contributed by atoms with Crippen molar-refractivity contribution in [2.45, 2.75) is 65.1 Å². The number of amidine groups is 1. The molecule has 0 spiro atoms. The Kier molecular flexibility index (Phi) is 12.7. The quantitative estimate of drug-likeness (QED) is 0.0759. The zero-order chi connectivity index (χ0) is 41.8. The van der Waals surface area contributed by atoms with Gasteiger partial charge in [-0.15, -0.1) is 0 Å². The van der Waals surface area contributed by atoms with Crippen molar-refractivity contribution < 1.29 is 23.1 Å². The normalized spacial score (nSPS) is 15.2. The number of amides is 3. The number of benzene rings is 4. The van der Waals surface area contributed by atoms with E-state index in [0.29, 0.717) is 5.69 Å². The summed E-state index contributed by atoms with van der Waals surface area (Å²) in [6.45, 7) is 14.6. The Morgan fingerprint density at radius 3 is 1.98 bits per heavy atom. The number of rotatable bonds is 7. The average molecular weight is 841 g/mol. The summed E-state index contributed by atoms with van der Waals surface area (Å²) in [4.78, 5) is 39.3. The molecule has 1 aliphatic rings. The molecule has 0 bridgehead atoms. The lowest BCUT2D eigenvalue weighted by atomic mass is 10.1. The molecule has 0 radical (unpaired) electrons. The van der Waals surface area contributed by atoms with Crippen LogP contribution in [0.1, 0.15) is 54.0 Å². The minimum absolute atomic E-state index is 0.0496. The molecule has 5 aromatic rings. The van der Waals surface area contributed by atoms with Gasteiger partial charge in [-0.1, -0.05) is 129 Å². The second kappa shape index (κ2) is 17.3. The van der Waals surface area contributed by atoms with Crippen LogP contribution in [0.3, 0.4) is 0 Å². The number of carbonyl (C=O) groups excluding carboxylic acids is 2. The molecule has 1 aromatic heterocycles. The van der Waals surface area contributed by atoms with E-state index >= 15 is 4.39 Å². The Bertz CT molecular complexity index is 2250. The first kappa shape index (κ1) is 42.4. The summed E-state index contributed by atoms with van der Waals surface area (Å²) in [5, 5.41) is 4.39. The van der Waals surface area contributed by atoms with Crippen molar-refractivity contribution in [3.63, 3.8) is 0 Å². The lowest BCUT2D eigenvalue weighted by Gasteiger charge is -2.43. The monoisotopic (exact) mass is 839 g/mol. The van der Waals surface area contributed by atoms with Gasteiger partial charge in [0.05, 0.1) is 21.8 Å². The third-order valence-electron chi connectivity index (χ3n) is 9.85. The number of nitrogens with one attached hydrogen (secondary N) is 1. The Morgan fingerprint density at radius 2 is 1.43 bits per heavy atom. The summed E-state index contributed by atoms with van der Waals surface area (Å²) in [7, 11) is -3.22. The van der Waals surface area contributed by atoms with Crippen molar-refractivity contribution in [3.05, 3.63) is 137 Å². The number of piperazine rings is 1. The molecule has 1 saturated heterocycles. The summed E-state index contributed by atoms with van der Waals surface area (Å²) in [6.07, 6.45) is -0.438. The van der Waals surface area contributed by atoms with Gasteiger partial charge >= 0.3 is 20.4 Å². The van der Waals surface area contributed by atoms with E-state index in [1.54, 1.807) is 47.4 Å². The fourth-order valence-corrected chi connectivity index (χ4v) is 12.1. The number of hydrogen-bond donors (Lipinski definition) is 1. The number of pyridine rings is 1.